The monoisotopic (exact) mass is 410 g/mol. The van der Waals surface area contributed by atoms with Crippen molar-refractivity contribution in [3.05, 3.63) is 54.1 Å². The van der Waals surface area contributed by atoms with Crippen molar-refractivity contribution in [2.24, 2.45) is 0 Å². The van der Waals surface area contributed by atoms with Gasteiger partial charge in [0.25, 0.3) is 11.8 Å². The summed E-state index contributed by atoms with van der Waals surface area (Å²) in [5, 5.41) is 5.28. The fraction of sp³-hybridized carbons (Fsp3) is 0.318. The number of rotatable bonds is 6. The van der Waals surface area contributed by atoms with Gasteiger partial charge >= 0.3 is 0 Å². The van der Waals surface area contributed by atoms with Crippen molar-refractivity contribution < 1.29 is 19.1 Å². The van der Waals surface area contributed by atoms with Crippen LogP contribution < -0.4 is 20.3 Å². The van der Waals surface area contributed by atoms with E-state index in [1.54, 1.807) is 38.2 Å². The second-order valence-corrected chi connectivity index (χ2v) is 6.98. The minimum Gasteiger partial charge on any atom is -0.484 e. The zero-order chi connectivity index (χ0) is 21.5. The van der Waals surface area contributed by atoms with Gasteiger partial charge in [0, 0.05) is 57.1 Å². The highest BCUT2D eigenvalue weighted by molar-refractivity contribution is 5.95. The van der Waals surface area contributed by atoms with Gasteiger partial charge in [-0.05, 0) is 48.5 Å². The first kappa shape index (κ1) is 21.2. The molecule has 0 unspecified atom stereocenters. The molecule has 2 aromatic carbocycles. The Morgan fingerprint density at radius 2 is 1.57 bits per heavy atom. The predicted molar refractivity (Wildman–Crippen MR) is 115 cm³/mol. The molecule has 2 aromatic rings. The average Bonchev–Trinajstić information content (AvgIpc) is 2.78. The summed E-state index contributed by atoms with van der Waals surface area (Å²) < 4.78 is 5.56. The molecule has 30 heavy (non-hydrogen) atoms. The van der Waals surface area contributed by atoms with E-state index in [0.717, 1.165) is 31.9 Å². The number of piperazine rings is 1. The lowest BCUT2D eigenvalue weighted by Crippen LogP contribution is -2.48. The van der Waals surface area contributed by atoms with Gasteiger partial charge < -0.3 is 25.2 Å². The first-order chi connectivity index (χ1) is 14.5. The molecule has 158 valence electrons. The van der Waals surface area contributed by atoms with Gasteiger partial charge in [0.1, 0.15) is 5.75 Å². The topological polar surface area (TPSA) is 91.0 Å². The molecule has 0 atom stereocenters. The molecule has 1 saturated heterocycles. The van der Waals surface area contributed by atoms with Gasteiger partial charge in [-0.3, -0.25) is 14.4 Å². The SMILES string of the molecule is CNC(=O)c1ccc(NC(=O)COc2ccc(N3CCN(C(C)=O)CC3)cc2)cc1. The number of benzene rings is 2. The molecule has 0 radical (unpaired) electrons. The highest BCUT2D eigenvalue weighted by Gasteiger charge is 2.18. The zero-order valence-electron chi connectivity index (χ0n) is 17.2. The smallest absolute Gasteiger partial charge is 0.262 e. The molecular weight excluding hydrogens is 384 g/mol. The van der Waals surface area contributed by atoms with Gasteiger partial charge in [-0.2, -0.15) is 0 Å². The Labute approximate surface area is 175 Å². The maximum atomic E-state index is 12.1. The van der Waals surface area contributed by atoms with Crippen LogP contribution in [0.4, 0.5) is 11.4 Å². The number of carbonyl (C=O) groups is 3. The molecule has 0 saturated carbocycles. The van der Waals surface area contributed by atoms with E-state index in [4.69, 9.17) is 4.74 Å². The van der Waals surface area contributed by atoms with E-state index in [1.165, 1.54) is 0 Å². The molecule has 0 aliphatic carbocycles. The number of nitrogens with zero attached hydrogens (tertiary/aromatic N) is 2. The van der Waals surface area contributed by atoms with E-state index in [9.17, 15) is 14.4 Å². The fourth-order valence-electron chi connectivity index (χ4n) is 3.23. The van der Waals surface area contributed by atoms with Gasteiger partial charge in [-0.15, -0.1) is 0 Å². The molecule has 1 aliphatic rings. The molecule has 1 heterocycles. The standard InChI is InChI=1S/C22H26N4O4/c1-16(27)25-11-13-26(14-12-25)19-7-9-20(10-8-19)30-15-21(28)24-18-5-3-17(4-6-18)22(29)23-2/h3-10H,11-15H2,1-2H3,(H,23,29)(H,24,28). The molecule has 0 aromatic heterocycles. The molecule has 0 spiro atoms. The van der Waals surface area contributed by atoms with Crippen LogP contribution in [0.5, 0.6) is 5.75 Å². The predicted octanol–water partition coefficient (Wildman–Crippen LogP) is 1.73. The van der Waals surface area contributed by atoms with Gasteiger partial charge in [0.15, 0.2) is 6.61 Å². The van der Waals surface area contributed by atoms with E-state index in [2.05, 4.69) is 15.5 Å². The number of carbonyl (C=O) groups excluding carboxylic acids is 3. The quantitative estimate of drug-likeness (QED) is 0.757. The van der Waals surface area contributed by atoms with E-state index in [1.807, 2.05) is 29.2 Å². The van der Waals surface area contributed by atoms with E-state index in [-0.39, 0.29) is 24.3 Å². The summed E-state index contributed by atoms with van der Waals surface area (Å²) in [4.78, 5) is 39.1. The Kier molecular flexibility index (Phi) is 6.90. The Balaban J connectivity index is 1.46. The molecule has 8 nitrogen and oxygen atoms in total. The van der Waals surface area contributed by atoms with Crippen LogP contribution in [0.25, 0.3) is 0 Å². The molecule has 3 rings (SSSR count). The zero-order valence-corrected chi connectivity index (χ0v) is 17.2. The van der Waals surface area contributed by atoms with Crippen LogP contribution in [0.15, 0.2) is 48.5 Å². The molecule has 0 bridgehead atoms. The summed E-state index contributed by atoms with van der Waals surface area (Å²) in [6.45, 7) is 4.50. The number of hydrogen-bond acceptors (Lipinski definition) is 5. The van der Waals surface area contributed by atoms with Crippen molar-refractivity contribution in [3.63, 3.8) is 0 Å². The normalized spacial score (nSPS) is 13.5. The van der Waals surface area contributed by atoms with E-state index < -0.39 is 0 Å². The van der Waals surface area contributed by atoms with Crippen LogP contribution in [-0.2, 0) is 9.59 Å². The van der Waals surface area contributed by atoms with Crippen molar-refractivity contribution in [2.75, 3.05) is 50.1 Å². The van der Waals surface area contributed by atoms with Crippen molar-refractivity contribution >= 4 is 29.1 Å². The number of amides is 3. The van der Waals surface area contributed by atoms with Crippen LogP contribution >= 0.6 is 0 Å². The molecule has 1 aliphatic heterocycles. The van der Waals surface area contributed by atoms with Gasteiger partial charge in [0.05, 0.1) is 0 Å². The number of hydrogen-bond donors (Lipinski definition) is 2. The summed E-state index contributed by atoms with van der Waals surface area (Å²) in [6, 6.07) is 14.2. The Bertz CT molecular complexity index is 888. The Morgan fingerprint density at radius 3 is 2.13 bits per heavy atom. The minimum atomic E-state index is -0.285. The van der Waals surface area contributed by atoms with Crippen molar-refractivity contribution in [2.45, 2.75) is 6.92 Å². The van der Waals surface area contributed by atoms with Gasteiger partial charge in [0.2, 0.25) is 5.91 Å². The van der Waals surface area contributed by atoms with Crippen LogP contribution in [0.2, 0.25) is 0 Å². The number of ether oxygens (including phenoxy) is 1. The van der Waals surface area contributed by atoms with Crippen LogP contribution in [0.3, 0.4) is 0 Å². The molecular formula is C22H26N4O4. The third-order valence-electron chi connectivity index (χ3n) is 4.95. The molecule has 2 N–H and O–H groups in total. The molecule has 8 heteroatoms. The lowest BCUT2D eigenvalue weighted by Gasteiger charge is -2.35. The Morgan fingerprint density at radius 1 is 0.933 bits per heavy atom. The Hall–Kier alpha value is -3.55. The summed E-state index contributed by atoms with van der Waals surface area (Å²) >= 11 is 0. The van der Waals surface area contributed by atoms with E-state index in [0.29, 0.717) is 17.0 Å². The lowest BCUT2D eigenvalue weighted by molar-refractivity contribution is -0.129. The summed E-state index contributed by atoms with van der Waals surface area (Å²) in [6.07, 6.45) is 0. The van der Waals surface area contributed by atoms with Crippen LogP contribution in [0, 0.1) is 0 Å². The van der Waals surface area contributed by atoms with Gasteiger partial charge in [-0.1, -0.05) is 0 Å². The van der Waals surface area contributed by atoms with Crippen LogP contribution in [-0.4, -0.2) is 62.5 Å². The highest BCUT2D eigenvalue weighted by Crippen LogP contribution is 2.21. The maximum absolute atomic E-state index is 12.1. The number of nitrogens with one attached hydrogen (secondary N) is 2. The van der Waals surface area contributed by atoms with Crippen molar-refractivity contribution in [1.29, 1.82) is 0 Å². The van der Waals surface area contributed by atoms with Crippen molar-refractivity contribution in [3.8, 4) is 5.75 Å². The minimum absolute atomic E-state index is 0.110. The third-order valence-corrected chi connectivity index (χ3v) is 4.95. The summed E-state index contributed by atoms with van der Waals surface area (Å²) in [5.41, 5.74) is 2.18. The third kappa shape index (κ3) is 5.50. The van der Waals surface area contributed by atoms with Crippen molar-refractivity contribution in [1.82, 2.24) is 10.2 Å². The van der Waals surface area contributed by atoms with Crippen LogP contribution in [0.1, 0.15) is 17.3 Å². The maximum Gasteiger partial charge on any atom is 0.262 e. The summed E-state index contributed by atoms with van der Waals surface area (Å²) in [5.74, 6) is 0.248. The molecule has 1 fully saturated rings. The van der Waals surface area contributed by atoms with Gasteiger partial charge in [-0.25, -0.2) is 0 Å². The molecule has 3 amide bonds. The largest absolute Gasteiger partial charge is 0.484 e. The first-order valence-corrected chi connectivity index (χ1v) is 9.81. The van der Waals surface area contributed by atoms with E-state index >= 15 is 0 Å². The summed E-state index contributed by atoms with van der Waals surface area (Å²) in [7, 11) is 1.57. The number of anilines is 2. The fourth-order valence-corrected chi connectivity index (χ4v) is 3.23. The first-order valence-electron chi connectivity index (χ1n) is 9.81. The second-order valence-electron chi connectivity index (χ2n) is 6.98. The lowest BCUT2D eigenvalue weighted by atomic mass is 10.2. The average molecular weight is 410 g/mol. The second kappa shape index (κ2) is 9.78. The highest BCUT2D eigenvalue weighted by atomic mass is 16.5.